The van der Waals surface area contributed by atoms with Gasteiger partial charge in [-0.1, -0.05) is 0 Å². The van der Waals surface area contributed by atoms with Crippen molar-refractivity contribution >= 4 is 11.6 Å². The highest BCUT2D eigenvalue weighted by atomic mass is 19.3. The Bertz CT molecular complexity index is 1210. The van der Waals surface area contributed by atoms with Gasteiger partial charge in [-0.25, -0.2) is 4.98 Å². The Balaban J connectivity index is 1.49. The normalized spacial score (nSPS) is 18.4. The first kappa shape index (κ1) is 22.4. The number of imidazole rings is 1. The molecule has 1 saturated carbocycles. The molecule has 180 valence electrons. The van der Waals surface area contributed by atoms with Crippen LogP contribution in [0, 0.1) is 0 Å². The summed E-state index contributed by atoms with van der Waals surface area (Å²) in [5, 5.41) is 2.80. The second kappa shape index (κ2) is 9.09. The van der Waals surface area contributed by atoms with Crippen LogP contribution >= 0.6 is 0 Å². The quantitative estimate of drug-likeness (QED) is 0.540. The molecule has 1 N–H and O–H groups in total. The number of likely N-dealkylation sites (N-methyl/N-ethyl adjacent to an activating group) is 1. The third-order valence-electron chi connectivity index (χ3n) is 6.07. The SMILES string of the molecule is COc1cc(-c2cnc3cc(OC4CCN(C)C4)ccn23)cc(OC(F)F)c1C(=O)NC1CC1. The van der Waals surface area contributed by atoms with Gasteiger partial charge in [0.1, 0.15) is 34.6 Å². The molecule has 2 fully saturated rings. The number of hydrogen-bond acceptors (Lipinski definition) is 6. The van der Waals surface area contributed by atoms with Crippen LogP contribution in [0.15, 0.2) is 36.7 Å². The van der Waals surface area contributed by atoms with Gasteiger partial charge < -0.3 is 24.4 Å². The number of carbonyl (C=O) groups excluding carboxylic acids is 1. The van der Waals surface area contributed by atoms with Crippen molar-refractivity contribution in [3.05, 3.63) is 42.2 Å². The van der Waals surface area contributed by atoms with Gasteiger partial charge in [-0.05, 0) is 44.5 Å². The molecule has 10 heteroatoms. The van der Waals surface area contributed by atoms with Crippen molar-refractivity contribution in [2.75, 3.05) is 27.2 Å². The molecule has 0 spiro atoms. The summed E-state index contributed by atoms with van der Waals surface area (Å²) in [5.41, 5.74) is 1.75. The third-order valence-corrected chi connectivity index (χ3v) is 6.07. The van der Waals surface area contributed by atoms with E-state index in [9.17, 15) is 13.6 Å². The number of alkyl halides is 2. The molecule has 34 heavy (non-hydrogen) atoms. The minimum atomic E-state index is -3.09. The van der Waals surface area contributed by atoms with Crippen LogP contribution in [0.2, 0.25) is 0 Å². The molecule has 1 saturated heterocycles. The van der Waals surface area contributed by atoms with Crippen molar-refractivity contribution in [1.29, 1.82) is 0 Å². The molecule has 8 nitrogen and oxygen atoms in total. The average Bonchev–Trinajstić information content (AvgIpc) is 3.36. The maximum absolute atomic E-state index is 13.2. The van der Waals surface area contributed by atoms with E-state index in [0.717, 1.165) is 38.1 Å². The minimum absolute atomic E-state index is 0.0514. The molecule has 1 aromatic carbocycles. The molecular formula is C24H26F2N4O4. The largest absolute Gasteiger partial charge is 0.496 e. The highest BCUT2D eigenvalue weighted by Gasteiger charge is 2.29. The molecule has 1 amide bonds. The van der Waals surface area contributed by atoms with E-state index in [1.807, 2.05) is 22.7 Å². The number of halogens is 2. The number of amides is 1. The molecular weight excluding hydrogens is 446 g/mol. The number of likely N-dealkylation sites (tertiary alicyclic amines) is 1. The number of fused-ring (bicyclic) bond motifs is 1. The van der Waals surface area contributed by atoms with Crippen LogP contribution < -0.4 is 19.5 Å². The van der Waals surface area contributed by atoms with Gasteiger partial charge in [0.2, 0.25) is 0 Å². The number of aromatic nitrogens is 2. The Hall–Kier alpha value is -3.40. The molecule has 5 rings (SSSR count). The Labute approximate surface area is 195 Å². The van der Waals surface area contributed by atoms with Crippen LogP contribution in [0.3, 0.4) is 0 Å². The fraction of sp³-hybridized carbons (Fsp3) is 0.417. The van der Waals surface area contributed by atoms with Crippen molar-refractivity contribution in [1.82, 2.24) is 19.6 Å². The second-order valence-corrected chi connectivity index (χ2v) is 8.70. The third kappa shape index (κ3) is 4.63. The number of carbonyl (C=O) groups is 1. The van der Waals surface area contributed by atoms with Crippen molar-refractivity contribution in [3.8, 4) is 28.5 Å². The maximum atomic E-state index is 13.2. The molecule has 2 aromatic heterocycles. The predicted molar refractivity (Wildman–Crippen MR) is 121 cm³/mol. The Kier molecular flexibility index (Phi) is 5.99. The van der Waals surface area contributed by atoms with Gasteiger partial charge in [0, 0.05) is 37.0 Å². The number of pyridine rings is 1. The van der Waals surface area contributed by atoms with Gasteiger partial charge in [-0.2, -0.15) is 8.78 Å². The van der Waals surface area contributed by atoms with Gasteiger partial charge in [0.05, 0.1) is 19.0 Å². The van der Waals surface area contributed by atoms with Crippen LogP contribution in [0.5, 0.6) is 17.2 Å². The van der Waals surface area contributed by atoms with Gasteiger partial charge in [-0.15, -0.1) is 0 Å². The summed E-state index contributed by atoms with van der Waals surface area (Å²) in [6.07, 6.45) is 6.28. The Morgan fingerprint density at radius 2 is 2.00 bits per heavy atom. The highest BCUT2D eigenvalue weighted by molar-refractivity contribution is 6.01. The average molecular weight is 472 g/mol. The van der Waals surface area contributed by atoms with E-state index in [1.54, 1.807) is 12.3 Å². The lowest BCUT2D eigenvalue weighted by molar-refractivity contribution is -0.0502. The lowest BCUT2D eigenvalue weighted by atomic mass is 10.1. The first-order chi connectivity index (χ1) is 16.4. The van der Waals surface area contributed by atoms with Gasteiger partial charge in [-0.3, -0.25) is 9.20 Å². The van der Waals surface area contributed by atoms with Crippen molar-refractivity contribution in [3.63, 3.8) is 0 Å². The molecule has 3 aromatic rings. The first-order valence-electron chi connectivity index (χ1n) is 11.2. The predicted octanol–water partition coefficient (Wildman–Crippen LogP) is 3.59. The lowest BCUT2D eigenvalue weighted by Crippen LogP contribution is -2.26. The number of benzene rings is 1. The van der Waals surface area contributed by atoms with Crippen molar-refractivity contribution in [2.24, 2.45) is 0 Å². The lowest BCUT2D eigenvalue weighted by Gasteiger charge is -2.16. The molecule has 0 bridgehead atoms. The number of rotatable bonds is 8. The second-order valence-electron chi connectivity index (χ2n) is 8.70. The van der Waals surface area contributed by atoms with E-state index >= 15 is 0 Å². The van der Waals surface area contributed by atoms with Crippen LogP contribution in [0.1, 0.15) is 29.6 Å². The molecule has 3 heterocycles. The van der Waals surface area contributed by atoms with Gasteiger partial charge in [0.25, 0.3) is 5.91 Å². The van der Waals surface area contributed by atoms with Crippen LogP contribution in [0.25, 0.3) is 16.9 Å². The summed E-state index contributed by atoms with van der Waals surface area (Å²) < 4.78 is 44.5. The number of nitrogens with zero attached hydrogens (tertiary/aromatic N) is 3. The first-order valence-corrected chi connectivity index (χ1v) is 11.2. The minimum Gasteiger partial charge on any atom is -0.496 e. The zero-order chi connectivity index (χ0) is 23.8. The maximum Gasteiger partial charge on any atom is 0.387 e. The van der Waals surface area contributed by atoms with Crippen molar-refractivity contribution < 1.29 is 27.8 Å². The fourth-order valence-electron chi connectivity index (χ4n) is 4.23. The van der Waals surface area contributed by atoms with E-state index in [4.69, 9.17) is 14.2 Å². The topological polar surface area (TPSA) is 77.3 Å². The zero-order valence-electron chi connectivity index (χ0n) is 19.0. The van der Waals surface area contributed by atoms with E-state index < -0.39 is 12.5 Å². The molecule has 1 atom stereocenters. The Morgan fingerprint density at radius 3 is 2.68 bits per heavy atom. The van der Waals surface area contributed by atoms with E-state index in [2.05, 4.69) is 22.2 Å². The molecule has 1 aliphatic carbocycles. The summed E-state index contributed by atoms with van der Waals surface area (Å²) in [6, 6.07) is 6.78. The number of methoxy groups -OCH3 is 1. The molecule has 1 aliphatic heterocycles. The van der Waals surface area contributed by atoms with E-state index in [0.29, 0.717) is 16.9 Å². The van der Waals surface area contributed by atoms with Crippen LogP contribution in [-0.2, 0) is 0 Å². The van der Waals surface area contributed by atoms with E-state index in [-0.39, 0.29) is 29.2 Å². The number of ether oxygens (including phenoxy) is 3. The van der Waals surface area contributed by atoms with Gasteiger partial charge >= 0.3 is 6.61 Å². The standard InChI is InChI=1S/C24H26F2N4O4/c1-29-7-5-17(13-29)33-16-6-8-30-18(12-27-21(30)11-16)14-9-19(32-2)22(20(10-14)34-24(25)26)23(31)28-15-3-4-15/h6,8-12,15,17,24H,3-5,7,13H2,1-2H3,(H,28,31). The summed E-state index contributed by atoms with van der Waals surface area (Å²) in [5.74, 6) is 0.115. The summed E-state index contributed by atoms with van der Waals surface area (Å²) in [4.78, 5) is 19.4. The van der Waals surface area contributed by atoms with Gasteiger partial charge in [0.15, 0.2) is 0 Å². The summed E-state index contributed by atoms with van der Waals surface area (Å²) >= 11 is 0. The van der Waals surface area contributed by atoms with Crippen LogP contribution in [0.4, 0.5) is 8.78 Å². The fourth-order valence-corrected chi connectivity index (χ4v) is 4.23. The van der Waals surface area contributed by atoms with E-state index in [1.165, 1.54) is 13.2 Å². The Morgan fingerprint density at radius 1 is 1.21 bits per heavy atom. The number of nitrogens with one attached hydrogen (secondary N) is 1. The summed E-state index contributed by atoms with van der Waals surface area (Å²) in [7, 11) is 3.45. The number of hydrogen-bond donors (Lipinski definition) is 1. The smallest absolute Gasteiger partial charge is 0.387 e. The molecule has 1 unspecified atom stereocenters. The zero-order valence-corrected chi connectivity index (χ0v) is 19.0. The monoisotopic (exact) mass is 472 g/mol. The van der Waals surface area contributed by atoms with Crippen molar-refractivity contribution in [2.45, 2.75) is 38.0 Å². The summed E-state index contributed by atoms with van der Waals surface area (Å²) in [6.45, 7) is -1.22. The molecule has 0 radical (unpaired) electrons. The van der Waals surface area contributed by atoms with Crippen LogP contribution in [-0.4, -0.2) is 66.2 Å². The molecule has 2 aliphatic rings. The highest BCUT2D eigenvalue weighted by Crippen LogP contribution is 2.37.